The summed E-state index contributed by atoms with van der Waals surface area (Å²) in [5.74, 6) is 0. The summed E-state index contributed by atoms with van der Waals surface area (Å²) < 4.78 is 58.1. The van der Waals surface area contributed by atoms with Crippen molar-refractivity contribution in [3.8, 4) is 0 Å². The Hall–Kier alpha value is -0.860. The predicted molar refractivity (Wildman–Crippen MR) is 47.9 cm³/mol. The number of alkyl halides is 3. The minimum Gasteiger partial charge on any atom is -0.250 e. The van der Waals surface area contributed by atoms with Crippen LogP contribution in [0.2, 0.25) is 0 Å². The highest BCUT2D eigenvalue weighted by Crippen LogP contribution is 2.31. The fraction of sp³-hybridized carbons (Fsp3) is 0.167. The van der Waals surface area contributed by atoms with E-state index in [0.717, 1.165) is 18.3 Å². The van der Waals surface area contributed by atoms with Crippen molar-refractivity contribution < 1.29 is 21.6 Å². The quantitative estimate of drug-likeness (QED) is 0.826. The lowest BCUT2D eigenvalue weighted by Gasteiger charge is -2.08. The Morgan fingerprint density at radius 2 is 1.87 bits per heavy atom. The molecule has 0 aliphatic rings. The lowest BCUT2D eigenvalue weighted by Crippen LogP contribution is -2.20. The van der Waals surface area contributed by atoms with E-state index in [2.05, 4.69) is 10.1 Å². The summed E-state index contributed by atoms with van der Waals surface area (Å²) in [5, 5.41) is 4.59. The first kappa shape index (κ1) is 14.1. The number of primary sulfonamides is 1. The molecule has 0 aromatic carbocycles. The third-order valence-electron chi connectivity index (χ3n) is 1.35. The number of pyridine rings is 1. The van der Waals surface area contributed by atoms with E-state index in [4.69, 9.17) is 0 Å². The lowest BCUT2D eigenvalue weighted by atomic mass is 10.3. The van der Waals surface area contributed by atoms with Gasteiger partial charge in [0.2, 0.25) is 10.0 Å². The van der Waals surface area contributed by atoms with Gasteiger partial charge in [0.1, 0.15) is 4.90 Å². The van der Waals surface area contributed by atoms with Crippen molar-refractivity contribution in [3.63, 3.8) is 0 Å². The van der Waals surface area contributed by atoms with Crippen LogP contribution in [0.5, 0.6) is 0 Å². The second-order valence-electron chi connectivity index (χ2n) is 2.39. The number of nitrogens with two attached hydrogens (primary N) is 1. The normalized spacial score (nSPS) is 12.0. The van der Waals surface area contributed by atoms with Crippen molar-refractivity contribution in [2.24, 2.45) is 5.14 Å². The van der Waals surface area contributed by atoms with Crippen molar-refractivity contribution >= 4 is 22.4 Å². The van der Waals surface area contributed by atoms with Gasteiger partial charge in [0.25, 0.3) is 0 Å². The van der Waals surface area contributed by atoms with E-state index >= 15 is 0 Å². The number of hydrogen-bond donors (Lipinski definition) is 1. The van der Waals surface area contributed by atoms with Gasteiger partial charge < -0.3 is 0 Å². The van der Waals surface area contributed by atoms with Crippen LogP contribution in [0, 0.1) is 0 Å². The molecule has 0 saturated heterocycles. The minimum atomic E-state index is -4.83. The summed E-state index contributed by atoms with van der Waals surface area (Å²) in [6, 6.07) is 1.82. The Labute approximate surface area is 89.8 Å². The number of hydrogen-bond acceptors (Lipinski definition) is 3. The van der Waals surface area contributed by atoms with Crippen LogP contribution in [-0.2, 0) is 16.2 Å². The molecule has 1 aromatic heterocycles. The van der Waals surface area contributed by atoms with Crippen LogP contribution >= 0.6 is 12.4 Å². The maximum Gasteiger partial charge on any atom is 0.434 e. The molecule has 0 saturated carbocycles. The maximum absolute atomic E-state index is 12.2. The molecular formula is C6H6ClF3N2O2S. The molecule has 15 heavy (non-hydrogen) atoms. The third-order valence-corrected chi connectivity index (χ3v) is 2.29. The van der Waals surface area contributed by atoms with E-state index in [1.165, 1.54) is 0 Å². The molecular weight excluding hydrogens is 257 g/mol. The molecule has 0 fully saturated rings. The largest absolute Gasteiger partial charge is 0.434 e. The molecule has 2 N–H and O–H groups in total. The predicted octanol–water partition coefficient (Wildman–Crippen LogP) is 1.17. The van der Waals surface area contributed by atoms with Gasteiger partial charge in [0.05, 0.1) is 0 Å². The Morgan fingerprint density at radius 3 is 2.20 bits per heavy atom. The van der Waals surface area contributed by atoms with Gasteiger partial charge in [-0.3, -0.25) is 4.98 Å². The van der Waals surface area contributed by atoms with Crippen LogP contribution in [0.1, 0.15) is 5.69 Å². The Balaban J connectivity index is 0.00000196. The molecule has 1 rings (SSSR count). The van der Waals surface area contributed by atoms with Crippen molar-refractivity contribution in [2.75, 3.05) is 0 Å². The van der Waals surface area contributed by atoms with Crippen LogP contribution in [-0.4, -0.2) is 13.4 Å². The van der Waals surface area contributed by atoms with Gasteiger partial charge in [0, 0.05) is 6.20 Å². The molecule has 0 atom stereocenters. The SMILES string of the molecule is Cl.NS(=O)(=O)c1cccnc1C(F)(F)F. The van der Waals surface area contributed by atoms with Crippen molar-refractivity contribution in [2.45, 2.75) is 11.1 Å². The number of halogens is 4. The van der Waals surface area contributed by atoms with E-state index in [9.17, 15) is 21.6 Å². The highest BCUT2D eigenvalue weighted by atomic mass is 35.5. The third kappa shape index (κ3) is 3.33. The zero-order valence-electron chi connectivity index (χ0n) is 7.02. The molecule has 9 heteroatoms. The zero-order valence-corrected chi connectivity index (χ0v) is 8.66. The summed E-state index contributed by atoms with van der Waals surface area (Å²) in [4.78, 5) is 1.91. The van der Waals surface area contributed by atoms with Crippen LogP contribution in [0.25, 0.3) is 0 Å². The molecule has 0 amide bonds. The Kier molecular flexibility index (Phi) is 4.08. The molecule has 0 radical (unpaired) electrons. The van der Waals surface area contributed by atoms with E-state index in [0.29, 0.717) is 0 Å². The molecule has 1 aromatic rings. The number of aromatic nitrogens is 1. The van der Waals surface area contributed by atoms with E-state index in [1.807, 2.05) is 0 Å². The van der Waals surface area contributed by atoms with Crippen LogP contribution in [0.15, 0.2) is 23.2 Å². The number of sulfonamides is 1. The fourth-order valence-electron chi connectivity index (χ4n) is 0.833. The molecule has 0 aliphatic heterocycles. The van der Waals surface area contributed by atoms with Gasteiger partial charge in [-0.05, 0) is 12.1 Å². The van der Waals surface area contributed by atoms with Crippen molar-refractivity contribution in [3.05, 3.63) is 24.0 Å². The van der Waals surface area contributed by atoms with E-state index in [-0.39, 0.29) is 12.4 Å². The molecule has 86 valence electrons. The van der Waals surface area contributed by atoms with Crippen LogP contribution < -0.4 is 5.14 Å². The average Bonchev–Trinajstić information content (AvgIpc) is 2.01. The molecule has 0 bridgehead atoms. The topological polar surface area (TPSA) is 73.1 Å². The first-order valence-electron chi connectivity index (χ1n) is 3.28. The first-order chi connectivity index (χ1) is 6.23. The smallest absolute Gasteiger partial charge is 0.250 e. The molecule has 0 aliphatic carbocycles. The number of rotatable bonds is 1. The summed E-state index contributed by atoms with van der Waals surface area (Å²) in [5.41, 5.74) is -1.50. The van der Waals surface area contributed by atoms with Crippen LogP contribution in [0.4, 0.5) is 13.2 Å². The molecule has 4 nitrogen and oxygen atoms in total. The van der Waals surface area contributed by atoms with Crippen LogP contribution in [0.3, 0.4) is 0 Å². The highest BCUT2D eigenvalue weighted by Gasteiger charge is 2.37. The average molecular weight is 263 g/mol. The summed E-state index contributed by atoms with van der Waals surface area (Å²) in [6.07, 6.45) is -3.99. The van der Waals surface area contributed by atoms with E-state index in [1.54, 1.807) is 0 Å². The van der Waals surface area contributed by atoms with Gasteiger partial charge in [0.15, 0.2) is 5.69 Å². The van der Waals surface area contributed by atoms with Gasteiger partial charge >= 0.3 is 6.18 Å². The first-order valence-corrected chi connectivity index (χ1v) is 4.82. The Morgan fingerprint density at radius 1 is 1.33 bits per heavy atom. The van der Waals surface area contributed by atoms with Gasteiger partial charge in [-0.1, -0.05) is 0 Å². The number of nitrogens with zero attached hydrogens (tertiary/aromatic N) is 1. The summed E-state index contributed by atoms with van der Waals surface area (Å²) in [6.45, 7) is 0. The minimum absolute atomic E-state index is 0. The van der Waals surface area contributed by atoms with Gasteiger partial charge in [-0.25, -0.2) is 13.6 Å². The second kappa shape index (κ2) is 4.33. The highest BCUT2D eigenvalue weighted by molar-refractivity contribution is 7.89. The molecule has 0 unspecified atom stereocenters. The summed E-state index contributed by atoms with van der Waals surface area (Å²) >= 11 is 0. The summed E-state index contributed by atoms with van der Waals surface area (Å²) in [7, 11) is -4.40. The zero-order chi connectivity index (χ0) is 11.0. The standard InChI is InChI=1S/C6H5F3N2O2S.ClH/c7-6(8,9)5-4(14(10,12)13)2-1-3-11-5;/h1-3H,(H2,10,12,13);1H. The van der Waals surface area contributed by atoms with Gasteiger partial charge in [-0.15, -0.1) is 12.4 Å². The molecule has 1 heterocycles. The van der Waals surface area contributed by atoms with Gasteiger partial charge in [-0.2, -0.15) is 13.2 Å². The lowest BCUT2D eigenvalue weighted by molar-refractivity contribution is -0.143. The van der Waals surface area contributed by atoms with E-state index < -0.39 is 26.8 Å². The maximum atomic E-state index is 12.2. The van der Waals surface area contributed by atoms with Crippen molar-refractivity contribution in [1.82, 2.24) is 4.98 Å². The van der Waals surface area contributed by atoms with Crippen molar-refractivity contribution in [1.29, 1.82) is 0 Å². The fourth-order valence-corrected chi connectivity index (χ4v) is 1.54. The Bertz CT molecular complexity index is 446. The monoisotopic (exact) mass is 262 g/mol. The molecule has 0 spiro atoms. The second-order valence-corrected chi connectivity index (χ2v) is 3.92.